The van der Waals surface area contributed by atoms with Gasteiger partial charge in [0.25, 0.3) is 0 Å². The van der Waals surface area contributed by atoms with Gasteiger partial charge in [0.2, 0.25) is 0 Å². The molecule has 1 spiro atoms. The van der Waals surface area contributed by atoms with Crippen LogP contribution in [0.1, 0.15) is 19.8 Å². The van der Waals surface area contributed by atoms with Crippen molar-refractivity contribution < 1.29 is 0 Å². The zero-order valence-electron chi connectivity index (χ0n) is 10.5. The molecule has 0 saturated carbocycles. The van der Waals surface area contributed by atoms with Gasteiger partial charge in [-0.3, -0.25) is 4.90 Å². The van der Waals surface area contributed by atoms with E-state index >= 15 is 0 Å². The second-order valence-corrected chi connectivity index (χ2v) is 5.32. The quantitative estimate of drug-likeness (QED) is 0.633. The maximum atomic E-state index is 2.61. The van der Waals surface area contributed by atoms with Crippen LogP contribution in [0.3, 0.4) is 0 Å². The van der Waals surface area contributed by atoms with Crippen LogP contribution < -0.4 is 0 Å². The number of piperidine rings is 1. The second-order valence-electron chi connectivity index (χ2n) is 5.32. The van der Waals surface area contributed by atoms with Gasteiger partial charge >= 0.3 is 0 Å². The molecule has 0 bridgehead atoms. The number of likely N-dealkylation sites (N-methyl/N-ethyl adjacent to an activating group) is 2. The van der Waals surface area contributed by atoms with Crippen LogP contribution in [0.15, 0.2) is 0 Å². The smallest absolute Gasteiger partial charge is 0.0358 e. The molecule has 0 N–H and O–H groups in total. The molecule has 0 aliphatic carbocycles. The van der Waals surface area contributed by atoms with Crippen LogP contribution in [0.4, 0.5) is 0 Å². The third-order valence-corrected chi connectivity index (χ3v) is 4.43. The zero-order chi connectivity index (χ0) is 10.9. The van der Waals surface area contributed by atoms with Gasteiger partial charge in [0.05, 0.1) is 0 Å². The number of piperazine rings is 1. The minimum atomic E-state index is 0.485. The molecular weight excluding hydrogens is 186 g/mol. The first-order valence-electron chi connectivity index (χ1n) is 6.28. The largest absolute Gasteiger partial charge is 0.303 e. The third kappa shape index (κ3) is 2.19. The summed E-state index contributed by atoms with van der Waals surface area (Å²) in [6.45, 7) is 9.80. The van der Waals surface area contributed by atoms with E-state index in [0.717, 1.165) is 0 Å². The summed E-state index contributed by atoms with van der Waals surface area (Å²) >= 11 is 0. The Hall–Kier alpha value is -0.120. The lowest BCUT2D eigenvalue weighted by Crippen LogP contribution is -2.63. The second kappa shape index (κ2) is 4.40. The van der Waals surface area contributed by atoms with E-state index in [1.165, 1.54) is 52.1 Å². The van der Waals surface area contributed by atoms with Gasteiger partial charge in [0.15, 0.2) is 0 Å². The minimum absolute atomic E-state index is 0.485. The van der Waals surface area contributed by atoms with Crippen LogP contribution in [0.2, 0.25) is 0 Å². The molecule has 2 heterocycles. The van der Waals surface area contributed by atoms with Gasteiger partial charge in [-0.15, -0.1) is 0 Å². The molecule has 0 radical (unpaired) electrons. The molecule has 2 aliphatic rings. The topological polar surface area (TPSA) is 9.72 Å². The van der Waals surface area contributed by atoms with E-state index in [2.05, 4.69) is 35.7 Å². The summed E-state index contributed by atoms with van der Waals surface area (Å²) in [6.07, 6.45) is 2.70. The molecule has 15 heavy (non-hydrogen) atoms. The molecule has 0 amide bonds. The SMILES string of the molecule is CCN1CCC2(CC1)CN(C)CCN2C. The summed E-state index contributed by atoms with van der Waals surface area (Å²) in [5.74, 6) is 0. The Morgan fingerprint density at radius 2 is 1.67 bits per heavy atom. The van der Waals surface area contributed by atoms with Crippen molar-refractivity contribution in [3.05, 3.63) is 0 Å². The van der Waals surface area contributed by atoms with Gasteiger partial charge in [-0.1, -0.05) is 6.92 Å². The Kier molecular flexibility index (Phi) is 3.33. The van der Waals surface area contributed by atoms with Crippen molar-refractivity contribution >= 4 is 0 Å². The van der Waals surface area contributed by atoms with Crippen molar-refractivity contribution in [2.24, 2.45) is 0 Å². The number of nitrogens with zero attached hydrogens (tertiary/aromatic N) is 3. The Morgan fingerprint density at radius 1 is 1.00 bits per heavy atom. The molecular formula is C12H25N3. The molecule has 0 aromatic heterocycles. The van der Waals surface area contributed by atoms with E-state index in [9.17, 15) is 0 Å². The average Bonchev–Trinajstić information content (AvgIpc) is 2.25. The summed E-state index contributed by atoms with van der Waals surface area (Å²) in [5, 5.41) is 0. The Balaban J connectivity index is 2.00. The van der Waals surface area contributed by atoms with Crippen LogP contribution in [0, 0.1) is 0 Å². The molecule has 0 aromatic carbocycles. The number of rotatable bonds is 1. The maximum absolute atomic E-state index is 2.61. The molecule has 0 aromatic rings. The van der Waals surface area contributed by atoms with Crippen LogP contribution in [0.25, 0.3) is 0 Å². The summed E-state index contributed by atoms with van der Waals surface area (Å²) < 4.78 is 0. The molecule has 0 atom stereocenters. The van der Waals surface area contributed by atoms with E-state index in [1.54, 1.807) is 0 Å². The van der Waals surface area contributed by atoms with Gasteiger partial charge in [-0.05, 0) is 46.6 Å². The predicted molar refractivity (Wildman–Crippen MR) is 64.2 cm³/mol. The van der Waals surface area contributed by atoms with E-state index in [-0.39, 0.29) is 0 Å². The Morgan fingerprint density at radius 3 is 2.27 bits per heavy atom. The average molecular weight is 211 g/mol. The van der Waals surface area contributed by atoms with Gasteiger partial charge in [-0.2, -0.15) is 0 Å². The third-order valence-electron chi connectivity index (χ3n) is 4.43. The van der Waals surface area contributed by atoms with E-state index in [1.807, 2.05) is 0 Å². The van der Waals surface area contributed by atoms with Crippen molar-refractivity contribution in [1.29, 1.82) is 0 Å². The van der Waals surface area contributed by atoms with E-state index in [0.29, 0.717) is 5.54 Å². The summed E-state index contributed by atoms with van der Waals surface area (Å²) in [5.41, 5.74) is 0.485. The lowest BCUT2D eigenvalue weighted by Gasteiger charge is -2.52. The molecule has 2 saturated heterocycles. The van der Waals surface area contributed by atoms with Crippen molar-refractivity contribution in [3.63, 3.8) is 0 Å². The van der Waals surface area contributed by atoms with Gasteiger partial charge in [0, 0.05) is 25.2 Å². The first kappa shape index (κ1) is 11.4. The highest BCUT2D eigenvalue weighted by Crippen LogP contribution is 2.30. The van der Waals surface area contributed by atoms with Crippen LogP contribution in [-0.2, 0) is 0 Å². The summed E-state index contributed by atoms with van der Waals surface area (Å²) in [6, 6.07) is 0. The fourth-order valence-corrected chi connectivity index (χ4v) is 3.09. The van der Waals surface area contributed by atoms with Crippen molar-refractivity contribution in [2.75, 3.05) is 53.4 Å². The number of hydrogen-bond acceptors (Lipinski definition) is 3. The van der Waals surface area contributed by atoms with E-state index < -0.39 is 0 Å². The standard InChI is InChI=1S/C12H25N3/c1-4-15-7-5-12(6-8-15)11-13(2)9-10-14(12)3/h4-11H2,1-3H3. The van der Waals surface area contributed by atoms with Crippen molar-refractivity contribution in [2.45, 2.75) is 25.3 Å². The van der Waals surface area contributed by atoms with Gasteiger partial charge in [-0.25, -0.2) is 0 Å². The minimum Gasteiger partial charge on any atom is -0.303 e. The maximum Gasteiger partial charge on any atom is 0.0358 e. The zero-order valence-corrected chi connectivity index (χ0v) is 10.5. The van der Waals surface area contributed by atoms with Crippen LogP contribution in [-0.4, -0.2) is 73.6 Å². The summed E-state index contributed by atoms with van der Waals surface area (Å²) in [4.78, 5) is 7.69. The first-order chi connectivity index (χ1) is 7.16. The molecule has 3 heteroatoms. The number of hydrogen-bond donors (Lipinski definition) is 0. The van der Waals surface area contributed by atoms with Gasteiger partial charge in [0.1, 0.15) is 0 Å². The molecule has 2 aliphatic heterocycles. The van der Waals surface area contributed by atoms with Crippen LogP contribution >= 0.6 is 0 Å². The monoisotopic (exact) mass is 211 g/mol. The Labute approximate surface area is 94.0 Å². The van der Waals surface area contributed by atoms with Crippen molar-refractivity contribution in [3.8, 4) is 0 Å². The molecule has 2 fully saturated rings. The first-order valence-corrected chi connectivity index (χ1v) is 6.28. The predicted octanol–water partition coefficient (Wildman–Crippen LogP) is 0.718. The van der Waals surface area contributed by atoms with Gasteiger partial charge < -0.3 is 9.80 Å². The van der Waals surface area contributed by atoms with Crippen molar-refractivity contribution in [1.82, 2.24) is 14.7 Å². The lowest BCUT2D eigenvalue weighted by atomic mass is 9.84. The molecule has 88 valence electrons. The summed E-state index contributed by atoms with van der Waals surface area (Å²) in [7, 11) is 4.58. The van der Waals surface area contributed by atoms with Crippen LogP contribution in [0.5, 0.6) is 0 Å². The molecule has 0 unspecified atom stereocenters. The molecule has 3 nitrogen and oxygen atoms in total. The number of likely N-dealkylation sites (tertiary alicyclic amines) is 1. The normalized spacial score (nSPS) is 29.8. The highest BCUT2D eigenvalue weighted by molar-refractivity contribution is 4.98. The fourth-order valence-electron chi connectivity index (χ4n) is 3.09. The molecule has 2 rings (SSSR count). The lowest BCUT2D eigenvalue weighted by molar-refractivity contribution is -0.0180. The fraction of sp³-hybridized carbons (Fsp3) is 1.00. The Bertz CT molecular complexity index is 209. The highest BCUT2D eigenvalue weighted by Gasteiger charge is 2.40. The highest BCUT2D eigenvalue weighted by atomic mass is 15.3. The van der Waals surface area contributed by atoms with E-state index in [4.69, 9.17) is 0 Å².